The van der Waals surface area contributed by atoms with E-state index in [0.29, 0.717) is 11.5 Å². The molecule has 0 aromatic heterocycles. The molecule has 2 heteroatoms. The van der Waals surface area contributed by atoms with Gasteiger partial charge in [-0.05, 0) is 56.3 Å². The van der Waals surface area contributed by atoms with E-state index in [2.05, 4.69) is 18.7 Å². The summed E-state index contributed by atoms with van der Waals surface area (Å²) in [6, 6.07) is 2.12. The van der Waals surface area contributed by atoms with Crippen LogP contribution in [0.5, 0.6) is 0 Å². The number of rotatable bonds is 4. The van der Waals surface area contributed by atoms with Crippen LogP contribution in [0.1, 0.15) is 71.6 Å². The van der Waals surface area contributed by atoms with Gasteiger partial charge in [0, 0.05) is 24.7 Å². The van der Waals surface area contributed by atoms with Crippen LogP contribution in [0.4, 0.5) is 0 Å². The molecule has 3 fully saturated rings. The van der Waals surface area contributed by atoms with Crippen molar-refractivity contribution in [3.05, 3.63) is 0 Å². The Morgan fingerprint density at radius 2 is 1.68 bits per heavy atom. The third-order valence-electron chi connectivity index (χ3n) is 5.94. The van der Waals surface area contributed by atoms with Crippen molar-refractivity contribution < 1.29 is 0 Å². The summed E-state index contributed by atoms with van der Waals surface area (Å²) in [4.78, 5) is 2.89. The lowest BCUT2D eigenvalue weighted by molar-refractivity contribution is 0.0573. The van der Waals surface area contributed by atoms with Crippen LogP contribution in [-0.4, -0.2) is 29.6 Å². The molecule has 2 bridgehead atoms. The Hall–Kier alpha value is -0.0800. The average molecular weight is 264 g/mol. The largest absolute Gasteiger partial charge is 0.328 e. The van der Waals surface area contributed by atoms with E-state index in [0.717, 1.165) is 18.0 Å². The molecule has 0 aromatic rings. The zero-order valence-corrected chi connectivity index (χ0v) is 12.9. The van der Waals surface area contributed by atoms with Gasteiger partial charge >= 0.3 is 0 Å². The van der Waals surface area contributed by atoms with E-state index in [-0.39, 0.29) is 0 Å². The predicted octanol–water partition coefficient (Wildman–Crippen LogP) is 3.55. The Bertz CT molecular complexity index is 292. The molecule has 19 heavy (non-hydrogen) atoms. The number of piperidine rings is 1. The SMILES string of the molecule is CC(C)CC1(CN2C3CCC2CC(N)C3)CCCC1. The smallest absolute Gasteiger partial charge is 0.0114 e. The van der Waals surface area contributed by atoms with Crippen molar-refractivity contribution in [2.45, 2.75) is 89.8 Å². The van der Waals surface area contributed by atoms with Crippen LogP contribution in [0.25, 0.3) is 0 Å². The molecular weight excluding hydrogens is 232 g/mol. The van der Waals surface area contributed by atoms with Gasteiger partial charge in [0.05, 0.1) is 0 Å². The summed E-state index contributed by atoms with van der Waals surface area (Å²) >= 11 is 0. The first-order chi connectivity index (χ1) is 9.08. The van der Waals surface area contributed by atoms with Crippen LogP contribution in [0.2, 0.25) is 0 Å². The van der Waals surface area contributed by atoms with Crippen molar-refractivity contribution >= 4 is 0 Å². The van der Waals surface area contributed by atoms with E-state index in [9.17, 15) is 0 Å². The first-order valence-electron chi connectivity index (χ1n) is 8.59. The maximum atomic E-state index is 6.21. The molecule has 0 amide bonds. The van der Waals surface area contributed by atoms with Crippen LogP contribution < -0.4 is 5.73 Å². The maximum absolute atomic E-state index is 6.21. The number of hydrogen-bond acceptors (Lipinski definition) is 2. The van der Waals surface area contributed by atoms with Crippen LogP contribution in [0.3, 0.4) is 0 Å². The second-order valence-corrected chi connectivity index (χ2v) is 8.09. The van der Waals surface area contributed by atoms with Crippen LogP contribution in [-0.2, 0) is 0 Å². The fourth-order valence-electron chi connectivity index (χ4n) is 5.38. The van der Waals surface area contributed by atoms with Gasteiger partial charge in [-0.1, -0.05) is 26.7 Å². The van der Waals surface area contributed by atoms with Gasteiger partial charge in [-0.25, -0.2) is 0 Å². The second kappa shape index (κ2) is 5.37. The van der Waals surface area contributed by atoms with Crippen LogP contribution in [0, 0.1) is 11.3 Å². The quantitative estimate of drug-likeness (QED) is 0.841. The van der Waals surface area contributed by atoms with E-state index in [1.165, 1.54) is 64.3 Å². The highest BCUT2D eigenvalue weighted by Crippen LogP contribution is 2.47. The summed E-state index contributed by atoms with van der Waals surface area (Å²) in [6.45, 7) is 6.19. The fraction of sp³-hybridized carbons (Fsp3) is 1.00. The summed E-state index contributed by atoms with van der Waals surface area (Å²) < 4.78 is 0. The van der Waals surface area contributed by atoms with Crippen molar-refractivity contribution in [2.75, 3.05) is 6.54 Å². The summed E-state index contributed by atoms with van der Waals surface area (Å²) in [5.41, 5.74) is 6.86. The third-order valence-corrected chi connectivity index (χ3v) is 5.94. The Balaban J connectivity index is 1.69. The lowest BCUT2D eigenvalue weighted by Crippen LogP contribution is -2.51. The van der Waals surface area contributed by atoms with Gasteiger partial charge in [-0.15, -0.1) is 0 Å². The number of nitrogens with two attached hydrogens (primary N) is 1. The van der Waals surface area contributed by atoms with Gasteiger partial charge < -0.3 is 5.73 Å². The highest BCUT2D eigenvalue weighted by atomic mass is 15.2. The lowest BCUT2D eigenvalue weighted by atomic mass is 9.77. The molecule has 2 atom stereocenters. The fourth-order valence-corrected chi connectivity index (χ4v) is 5.38. The maximum Gasteiger partial charge on any atom is 0.0114 e. The first-order valence-corrected chi connectivity index (χ1v) is 8.59. The minimum atomic E-state index is 0.485. The van der Waals surface area contributed by atoms with Crippen molar-refractivity contribution in [3.8, 4) is 0 Å². The highest BCUT2D eigenvalue weighted by Gasteiger charge is 2.44. The zero-order valence-electron chi connectivity index (χ0n) is 12.9. The molecule has 0 aromatic carbocycles. The number of nitrogens with zero attached hydrogens (tertiary/aromatic N) is 1. The monoisotopic (exact) mass is 264 g/mol. The zero-order chi connectivity index (χ0) is 13.5. The first kappa shape index (κ1) is 13.9. The minimum Gasteiger partial charge on any atom is -0.328 e. The summed E-state index contributed by atoms with van der Waals surface area (Å²) in [6.07, 6.45) is 12.7. The highest BCUT2D eigenvalue weighted by molar-refractivity contribution is 5.00. The normalized spacial score (nSPS) is 38.2. The molecule has 2 heterocycles. The molecule has 2 N–H and O–H groups in total. The molecule has 1 aliphatic carbocycles. The van der Waals surface area contributed by atoms with E-state index in [4.69, 9.17) is 5.73 Å². The number of hydrogen-bond donors (Lipinski definition) is 1. The Morgan fingerprint density at radius 3 is 2.21 bits per heavy atom. The van der Waals surface area contributed by atoms with Crippen molar-refractivity contribution in [2.24, 2.45) is 17.1 Å². The average Bonchev–Trinajstić information content (AvgIpc) is 2.84. The Morgan fingerprint density at radius 1 is 1.11 bits per heavy atom. The van der Waals surface area contributed by atoms with Gasteiger partial charge in [0.2, 0.25) is 0 Å². The second-order valence-electron chi connectivity index (χ2n) is 8.09. The molecule has 0 spiro atoms. The van der Waals surface area contributed by atoms with Crippen molar-refractivity contribution in [1.29, 1.82) is 0 Å². The van der Waals surface area contributed by atoms with Gasteiger partial charge in [-0.3, -0.25) is 4.90 Å². The van der Waals surface area contributed by atoms with Crippen molar-refractivity contribution in [3.63, 3.8) is 0 Å². The molecule has 2 unspecified atom stereocenters. The minimum absolute atomic E-state index is 0.485. The van der Waals surface area contributed by atoms with Crippen LogP contribution in [0.15, 0.2) is 0 Å². The Labute approximate surface area is 119 Å². The molecule has 3 rings (SSSR count). The van der Waals surface area contributed by atoms with Gasteiger partial charge in [0.15, 0.2) is 0 Å². The summed E-state index contributed by atoms with van der Waals surface area (Å²) in [5.74, 6) is 0.850. The van der Waals surface area contributed by atoms with E-state index >= 15 is 0 Å². The van der Waals surface area contributed by atoms with Gasteiger partial charge in [0.1, 0.15) is 0 Å². The molecule has 2 aliphatic heterocycles. The van der Waals surface area contributed by atoms with E-state index in [1.54, 1.807) is 0 Å². The molecule has 3 aliphatic rings. The van der Waals surface area contributed by atoms with Crippen LogP contribution >= 0.6 is 0 Å². The van der Waals surface area contributed by atoms with Crippen molar-refractivity contribution in [1.82, 2.24) is 4.90 Å². The standard InChI is InChI=1S/C17H32N2/c1-13(2)11-17(7-3-4-8-17)12-19-15-5-6-16(19)10-14(18)9-15/h13-16H,3-12,18H2,1-2H3. The Kier molecular flexibility index (Phi) is 3.92. The molecule has 0 radical (unpaired) electrons. The van der Waals surface area contributed by atoms with E-state index in [1.807, 2.05) is 0 Å². The topological polar surface area (TPSA) is 29.3 Å². The lowest BCUT2D eigenvalue weighted by Gasteiger charge is -2.44. The molecule has 1 saturated carbocycles. The molecule has 110 valence electrons. The van der Waals surface area contributed by atoms with Gasteiger partial charge in [0.25, 0.3) is 0 Å². The molecule has 2 saturated heterocycles. The summed E-state index contributed by atoms with van der Waals surface area (Å²) in [7, 11) is 0. The molecular formula is C17H32N2. The molecule has 2 nitrogen and oxygen atoms in total. The number of fused-ring (bicyclic) bond motifs is 2. The van der Waals surface area contributed by atoms with E-state index < -0.39 is 0 Å². The third kappa shape index (κ3) is 2.85. The summed E-state index contributed by atoms with van der Waals surface area (Å²) in [5, 5.41) is 0. The van der Waals surface area contributed by atoms with Gasteiger partial charge in [-0.2, -0.15) is 0 Å². The predicted molar refractivity (Wildman–Crippen MR) is 81.1 cm³/mol.